The van der Waals surface area contributed by atoms with Crippen LogP contribution in [0.4, 0.5) is 0 Å². The second kappa shape index (κ2) is 6.40. The first-order valence-corrected chi connectivity index (χ1v) is 7.36. The first-order valence-electron chi connectivity index (χ1n) is 7.36. The fourth-order valence-electron chi connectivity index (χ4n) is 2.46. The van der Waals surface area contributed by atoms with E-state index in [1.54, 1.807) is 25.2 Å². The average molecular weight is 303 g/mol. The molecule has 0 bridgehead atoms. The van der Waals surface area contributed by atoms with Crippen LogP contribution in [0.25, 0.3) is 22.4 Å². The highest BCUT2D eigenvalue weighted by Crippen LogP contribution is 2.30. The SMILES string of the molecule is CN(C)C(=O)c1c(-c2ccccc2)cnnc1-c1ccccc1. The fourth-order valence-corrected chi connectivity index (χ4v) is 2.46. The number of nitrogens with zero attached hydrogens (tertiary/aromatic N) is 3. The molecule has 1 aromatic heterocycles. The third-order valence-corrected chi connectivity index (χ3v) is 3.60. The summed E-state index contributed by atoms with van der Waals surface area (Å²) in [5.74, 6) is -0.0855. The maximum Gasteiger partial charge on any atom is 0.256 e. The molecule has 0 aliphatic carbocycles. The molecule has 4 nitrogen and oxygen atoms in total. The second-order valence-electron chi connectivity index (χ2n) is 5.41. The highest BCUT2D eigenvalue weighted by molar-refractivity contribution is 6.05. The van der Waals surface area contributed by atoms with Crippen molar-refractivity contribution < 1.29 is 4.79 Å². The van der Waals surface area contributed by atoms with Crippen molar-refractivity contribution in [3.63, 3.8) is 0 Å². The molecule has 0 saturated heterocycles. The van der Waals surface area contributed by atoms with Crippen molar-refractivity contribution in [2.24, 2.45) is 0 Å². The number of amides is 1. The zero-order valence-corrected chi connectivity index (χ0v) is 13.1. The standard InChI is InChI=1S/C19H17N3O/c1-22(2)19(23)17-16(14-9-5-3-6-10-14)13-20-21-18(17)15-11-7-4-8-12-15/h3-13H,1-2H3. The van der Waals surface area contributed by atoms with Gasteiger partial charge in [-0.15, -0.1) is 5.10 Å². The predicted octanol–water partition coefficient (Wildman–Crippen LogP) is 3.51. The highest BCUT2D eigenvalue weighted by Gasteiger charge is 2.21. The maximum atomic E-state index is 12.8. The Morgan fingerprint density at radius 3 is 2.00 bits per heavy atom. The molecule has 114 valence electrons. The molecular weight excluding hydrogens is 286 g/mol. The van der Waals surface area contributed by atoms with Gasteiger partial charge in [-0.3, -0.25) is 4.79 Å². The summed E-state index contributed by atoms with van der Waals surface area (Å²) in [5.41, 5.74) is 3.79. The average Bonchev–Trinajstić information content (AvgIpc) is 2.62. The molecule has 0 aliphatic rings. The molecule has 2 aromatic carbocycles. The molecule has 0 saturated carbocycles. The van der Waals surface area contributed by atoms with Gasteiger partial charge in [0, 0.05) is 25.2 Å². The number of hydrogen-bond donors (Lipinski definition) is 0. The summed E-state index contributed by atoms with van der Waals surface area (Å²) in [6.07, 6.45) is 1.65. The Labute approximate surface area is 135 Å². The van der Waals surface area contributed by atoms with Gasteiger partial charge in [0.1, 0.15) is 5.69 Å². The van der Waals surface area contributed by atoms with Crippen LogP contribution in [0.15, 0.2) is 66.9 Å². The van der Waals surface area contributed by atoms with E-state index >= 15 is 0 Å². The Morgan fingerprint density at radius 2 is 1.43 bits per heavy atom. The minimum atomic E-state index is -0.0855. The van der Waals surface area contributed by atoms with Crippen LogP contribution in [-0.2, 0) is 0 Å². The van der Waals surface area contributed by atoms with E-state index in [2.05, 4.69) is 10.2 Å². The lowest BCUT2D eigenvalue weighted by molar-refractivity contribution is 0.0828. The number of carbonyl (C=O) groups excluding carboxylic acids is 1. The van der Waals surface area contributed by atoms with Crippen LogP contribution in [0.3, 0.4) is 0 Å². The Kier molecular flexibility index (Phi) is 4.15. The molecule has 3 aromatic rings. The molecular formula is C19H17N3O. The quantitative estimate of drug-likeness (QED) is 0.744. The topological polar surface area (TPSA) is 46.1 Å². The molecule has 0 aliphatic heterocycles. The number of benzene rings is 2. The van der Waals surface area contributed by atoms with Gasteiger partial charge in [0.25, 0.3) is 5.91 Å². The van der Waals surface area contributed by atoms with Crippen LogP contribution in [0.5, 0.6) is 0 Å². The molecule has 0 unspecified atom stereocenters. The van der Waals surface area contributed by atoms with Gasteiger partial charge in [-0.1, -0.05) is 60.7 Å². The van der Waals surface area contributed by atoms with Gasteiger partial charge in [-0.05, 0) is 5.56 Å². The second-order valence-corrected chi connectivity index (χ2v) is 5.41. The van der Waals surface area contributed by atoms with Gasteiger partial charge in [0.15, 0.2) is 0 Å². The van der Waals surface area contributed by atoms with E-state index in [9.17, 15) is 4.79 Å². The first-order chi connectivity index (χ1) is 11.2. The number of aromatic nitrogens is 2. The summed E-state index contributed by atoms with van der Waals surface area (Å²) < 4.78 is 0. The predicted molar refractivity (Wildman–Crippen MR) is 90.9 cm³/mol. The van der Waals surface area contributed by atoms with Crippen LogP contribution in [0, 0.1) is 0 Å². The summed E-state index contributed by atoms with van der Waals surface area (Å²) in [6, 6.07) is 19.4. The van der Waals surface area contributed by atoms with Gasteiger partial charge in [-0.25, -0.2) is 0 Å². The van der Waals surface area contributed by atoms with Gasteiger partial charge in [-0.2, -0.15) is 5.10 Å². The smallest absolute Gasteiger partial charge is 0.256 e. The molecule has 4 heteroatoms. The first kappa shape index (κ1) is 14.9. The van der Waals surface area contributed by atoms with Crippen molar-refractivity contribution in [2.45, 2.75) is 0 Å². The van der Waals surface area contributed by atoms with E-state index in [0.29, 0.717) is 11.3 Å². The van der Waals surface area contributed by atoms with Crippen LogP contribution >= 0.6 is 0 Å². The lowest BCUT2D eigenvalue weighted by atomic mass is 9.96. The third-order valence-electron chi connectivity index (χ3n) is 3.60. The molecule has 0 atom stereocenters. The van der Waals surface area contributed by atoms with Gasteiger partial charge < -0.3 is 4.90 Å². The van der Waals surface area contributed by atoms with Crippen LogP contribution in [0.2, 0.25) is 0 Å². The van der Waals surface area contributed by atoms with Gasteiger partial charge >= 0.3 is 0 Å². The monoisotopic (exact) mass is 303 g/mol. The van der Waals surface area contributed by atoms with Gasteiger partial charge in [0.2, 0.25) is 0 Å². The molecule has 1 heterocycles. The zero-order valence-electron chi connectivity index (χ0n) is 13.1. The van der Waals surface area contributed by atoms with Crippen LogP contribution in [0.1, 0.15) is 10.4 Å². The molecule has 1 amide bonds. The Bertz CT molecular complexity index is 757. The van der Waals surface area contributed by atoms with E-state index < -0.39 is 0 Å². The third kappa shape index (κ3) is 2.97. The normalized spacial score (nSPS) is 10.3. The summed E-state index contributed by atoms with van der Waals surface area (Å²) in [6.45, 7) is 0. The number of carbonyl (C=O) groups is 1. The van der Waals surface area contributed by atoms with Crippen molar-refractivity contribution in [1.29, 1.82) is 0 Å². The number of hydrogen-bond acceptors (Lipinski definition) is 3. The van der Waals surface area contributed by atoms with Crippen molar-refractivity contribution in [3.05, 3.63) is 72.4 Å². The van der Waals surface area contributed by atoms with E-state index in [-0.39, 0.29) is 5.91 Å². The molecule has 3 rings (SSSR count). The van der Waals surface area contributed by atoms with Crippen LogP contribution < -0.4 is 0 Å². The zero-order chi connectivity index (χ0) is 16.2. The van der Waals surface area contributed by atoms with Crippen molar-refractivity contribution >= 4 is 5.91 Å². The Balaban J connectivity index is 2.27. The summed E-state index contributed by atoms with van der Waals surface area (Å²) in [4.78, 5) is 14.4. The van der Waals surface area contributed by atoms with E-state index in [1.807, 2.05) is 60.7 Å². The maximum absolute atomic E-state index is 12.8. The summed E-state index contributed by atoms with van der Waals surface area (Å²) in [7, 11) is 3.48. The Morgan fingerprint density at radius 1 is 0.870 bits per heavy atom. The van der Waals surface area contributed by atoms with Crippen LogP contribution in [-0.4, -0.2) is 35.1 Å². The fraction of sp³-hybridized carbons (Fsp3) is 0.105. The lowest BCUT2D eigenvalue weighted by Gasteiger charge is -2.17. The largest absolute Gasteiger partial charge is 0.345 e. The lowest BCUT2D eigenvalue weighted by Crippen LogP contribution is -2.24. The molecule has 0 N–H and O–H groups in total. The molecule has 23 heavy (non-hydrogen) atoms. The molecule has 0 radical (unpaired) electrons. The molecule has 0 spiro atoms. The molecule has 0 fully saturated rings. The van der Waals surface area contributed by atoms with Gasteiger partial charge in [0.05, 0.1) is 11.8 Å². The summed E-state index contributed by atoms with van der Waals surface area (Å²) >= 11 is 0. The highest BCUT2D eigenvalue weighted by atomic mass is 16.2. The van der Waals surface area contributed by atoms with Crippen molar-refractivity contribution in [2.75, 3.05) is 14.1 Å². The van der Waals surface area contributed by atoms with E-state index in [4.69, 9.17) is 0 Å². The van der Waals surface area contributed by atoms with Crippen molar-refractivity contribution in [3.8, 4) is 22.4 Å². The minimum Gasteiger partial charge on any atom is -0.345 e. The number of rotatable bonds is 3. The van der Waals surface area contributed by atoms with Crippen molar-refractivity contribution in [1.82, 2.24) is 15.1 Å². The van der Waals surface area contributed by atoms with E-state index in [0.717, 1.165) is 16.7 Å². The minimum absolute atomic E-state index is 0.0855. The Hall–Kier alpha value is -3.01. The summed E-state index contributed by atoms with van der Waals surface area (Å²) in [5, 5.41) is 8.36. The van der Waals surface area contributed by atoms with E-state index in [1.165, 1.54) is 0 Å².